The molecule has 21 heavy (non-hydrogen) atoms. The third kappa shape index (κ3) is 13.2. The Balaban J connectivity index is 3.36. The molecule has 7 heteroatoms. The van der Waals surface area contributed by atoms with Crippen LogP contribution >= 0.6 is 11.6 Å². The first-order valence-electron chi connectivity index (χ1n) is 6.76. The summed E-state index contributed by atoms with van der Waals surface area (Å²) in [7, 11) is 0. The maximum Gasteiger partial charge on any atom is 0.330 e. The monoisotopic (exact) mass is 320 g/mol. The van der Waals surface area contributed by atoms with Gasteiger partial charge in [0.15, 0.2) is 0 Å². The van der Waals surface area contributed by atoms with E-state index < -0.39 is 5.97 Å². The lowest BCUT2D eigenvalue weighted by atomic mass is 10.2. The molecule has 0 atom stereocenters. The van der Waals surface area contributed by atoms with E-state index in [0.29, 0.717) is 19.4 Å². The standard InChI is InChI=1S/C14H21ClO6/c1-2-12(16)20-10-11-21-13(17)6-4-3-5-9-19-14(18)7-8-15/h2H,1,3-11H2. The van der Waals surface area contributed by atoms with Gasteiger partial charge in [0.1, 0.15) is 13.2 Å². The molecule has 0 N–H and O–H groups in total. The van der Waals surface area contributed by atoms with Gasteiger partial charge in [0.25, 0.3) is 0 Å². The third-order valence-corrected chi connectivity index (χ3v) is 2.53. The summed E-state index contributed by atoms with van der Waals surface area (Å²) in [6.45, 7) is 3.63. The van der Waals surface area contributed by atoms with Crippen molar-refractivity contribution in [2.45, 2.75) is 32.1 Å². The molecule has 0 unspecified atom stereocenters. The average molecular weight is 321 g/mol. The molecule has 0 saturated heterocycles. The lowest BCUT2D eigenvalue weighted by molar-refractivity contribution is -0.149. The largest absolute Gasteiger partial charge is 0.466 e. The minimum atomic E-state index is -0.547. The molecule has 0 amide bonds. The quantitative estimate of drug-likeness (QED) is 0.180. The molecule has 0 heterocycles. The van der Waals surface area contributed by atoms with Crippen LogP contribution in [0.5, 0.6) is 0 Å². The van der Waals surface area contributed by atoms with Crippen LogP contribution in [-0.4, -0.2) is 43.6 Å². The van der Waals surface area contributed by atoms with Gasteiger partial charge in [0.05, 0.1) is 13.0 Å². The lowest BCUT2D eigenvalue weighted by Crippen LogP contribution is -2.12. The van der Waals surface area contributed by atoms with E-state index in [-0.39, 0.29) is 43.9 Å². The van der Waals surface area contributed by atoms with Crippen molar-refractivity contribution >= 4 is 29.5 Å². The molecule has 0 spiro atoms. The number of alkyl halides is 1. The van der Waals surface area contributed by atoms with Gasteiger partial charge in [-0.3, -0.25) is 9.59 Å². The van der Waals surface area contributed by atoms with Gasteiger partial charge in [-0.15, -0.1) is 11.6 Å². The highest BCUT2D eigenvalue weighted by molar-refractivity contribution is 6.18. The predicted octanol–water partition coefficient (Wildman–Crippen LogP) is 1.99. The Hall–Kier alpha value is -1.56. The van der Waals surface area contributed by atoms with Crippen LogP contribution in [0, 0.1) is 0 Å². The second-order valence-electron chi connectivity index (χ2n) is 4.06. The van der Waals surface area contributed by atoms with Crippen molar-refractivity contribution < 1.29 is 28.6 Å². The van der Waals surface area contributed by atoms with Crippen LogP contribution in [0.25, 0.3) is 0 Å². The summed E-state index contributed by atoms with van der Waals surface area (Å²) in [5, 5.41) is 0. The zero-order valence-electron chi connectivity index (χ0n) is 12.0. The molecule has 0 aliphatic rings. The van der Waals surface area contributed by atoms with E-state index in [4.69, 9.17) is 21.1 Å². The van der Waals surface area contributed by atoms with Gasteiger partial charge in [0, 0.05) is 18.4 Å². The third-order valence-electron chi connectivity index (χ3n) is 2.34. The fourth-order valence-electron chi connectivity index (χ4n) is 1.31. The van der Waals surface area contributed by atoms with Crippen molar-refractivity contribution in [2.24, 2.45) is 0 Å². The Kier molecular flexibility index (Phi) is 12.4. The van der Waals surface area contributed by atoms with E-state index in [2.05, 4.69) is 11.3 Å². The van der Waals surface area contributed by atoms with Crippen molar-refractivity contribution in [2.75, 3.05) is 25.7 Å². The number of rotatable bonds is 12. The molecule has 0 aromatic heterocycles. The Bertz CT molecular complexity index is 342. The minimum Gasteiger partial charge on any atom is -0.466 e. The summed E-state index contributed by atoms with van der Waals surface area (Å²) in [4.78, 5) is 33.0. The molecule has 0 fully saturated rings. The van der Waals surface area contributed by atoms with Crippen molar-refractivity contribution in [1.29, 1.82) is 0 Å². The zero-order chi connectivity index (χ0) is 15.9. The van der Waals surface area contributed by atoms with Gasteiger partial charge in [-0.25, -0.2) is 4.79 Å². The lowest BCUT2D eigenvalue weighted by Gasteiger charge is -2.05. The number of halogens is 1. The zero-order valence-corrected chi connectivity index (χ0v) is 12.7. The van der Waals surface area contributed by atoms with Crippen molar-refractivity contribution in [3.05, 3.63) is 12.7 Å². The first-order valence-corrected chi connectivity index (χ1v) is 7.30. The predicted molar refractivity (Wildman–Crippen MR) is 76.9 cm³/mol. The molecule has 0 aromatic carbocycles. The normalized spacial score (nSPS) is 9.76. The highest BCUT2D eigenvalue weighted by atomic mass is 35.5. The van der Waals surface area contributed by atoms with E-state index >= 15 is 0 Å². The number of hydrogen-bond donors (Lipinski definition) is 0. The molecule has 0 radical (unpaired) electrons. The molecule has 0 aliphatic heterocycles. The van der Waals surface area contributed by atoms with E-state index in [1.165, 1.54) is 0 Å². The van der Waals surface area contributed by atoms with Crippen LogP contribution in [0.4, 0.5) is 0 Å². The number of unbranched alkanes of at least 4 members (excludes halogenated alkanes) is 2. The number of hydrogen-bond acceptors (Lipinski definition) is 6. The van der Waals surface area contributed by atoms with Crippen LogP contribution in [0.15, 0.2) is 12.7 Å². The van der Waals surface area contributed by atoms with Crippen LogP contribution < -0.4 is 0 Å². The fourth-order valence-corrected chi connectivity index (χ4v) is 1.47. The van der Waals surface area contributed by atoms with Gasteiger partial charge >= 0.3 is 17.9 Å². The Labute approximate surface area is 129 Å². The first kappa shape index (κ1) is 19.4. The smallest absolute Gasteiger partial charge is 0.330 e. The number of ether oxygens (including phenoxy) is 3. The highest BCUT2D eigenvalue weighted by Crippen LogP contribution is 2.02. The average Bonchev–Trinajstić information content (AvgIpc) is 2.47. The summed E-state index contributed by atoms with van der Waals surface area (Å²) >= 11 is 5.39. The van der Waals surface area contributed by atoms with Crippen LogP contribution in [0.2, 0.25) is 0 Å². The second-order valence-corrected chi connectivity index (χ2v) is 4.44. The molecule has 0 rings (SSSR count). The van der Waals surface area contributed by atoms with Gasteiger partial charge in [-0.2, -0.15) is 0 Å². The van der Waals surface area contributed by atoms with Gasteiger partial charge in [-0.05, 0) is 19.3 Å². The summed E-state index contributed by atoms with van der Waals surface area (Å²) < 4.78 is 14.4. The van der Waals surface area contributed by atoms with Crippen LogP contribution in [-0.2, 0) is 28.6 Å². The Morgan fingerprint density at radius 2 is 1.48 bits per heavy atom. The summed E-state index contributed by atoms with van der Waals surface area (Å²) in [6, 6.07) is 0. The molecule has 0 bridgehead atoms. The van der Waals surface area contributed by atoms with Gasteiger partial charge < -0.3 is 14.2 Å². The Morgan fingerprint density at radius 3 is 2.14 bits per heavy atom. The number of carbonyl (C=O) groups excluding carboxylic acids is 3. The summed E-state index contributed by atoms with van der Waals surface area (Å²) in [6.07, 6.45) is 3.64. The SMILES string of the molecule is C=CC(=O)OCCOC(=O)CCCCCOC(=O)CCCl. The van der Waals surface area contributed by atoms with Crippen LogP contribution in [0.3, 0.4) is 0 Å². The molecule has 6 nitrogen and oxygen atoms in total. The van der Waals surface area contributed by atoms with E-state index in [1.54, 1.807) is 0 Å². The fraction of sp³-hybridized carbons (Fsp3) is 0.643. The molecule has 0 saturated carbocycles. The highest BCUT2D eigenvalue weighted by Gasteiger charge is 2.04. The topological polar surface area (TPSA) is 78.9 Å². The molecular weight excluding hydrogens is 300 g/mol. The van der Waals surface area contributed by atoms with Crippen LogP contribution in [0.1, 0.15) is 32.1 Å². The second kappa shape index (κ2) is 13.4. The maximum absolute atomic E-state index is 11.3. The van der Waals surface area contributed by atoms with E-state index in [9.17, 15) is 14.4 Å². The molecule has 120 valence electrons. The Morgan fingerprint density at radius 1 is 0.857 bits per heavy atom. The number of carbonyl (C=O) groups is 3. The van der Waals surface area contributed by atoms with E-state index in [0.717, 1.165) is 12.5 Å². The van der Waals surface area contributed by atoms with Crippen molar-refractivity contribution in [3.8, 4) is 0 Å². The van der Waals surface area contributed by atoms with Crippen molar-refractivity contribution in [1.82, 2.24) is 0 Å². The summed E-state index contributed by atoms with van der Waals surface area (Å²) in [5.41, 5.74) is 0. The molecule has 0 aromatic rings. The van der Waals surface area contributed by atoms with Gasteiger partial charge in [-0.1, -0.05) is 6.58 Å². The minimum absolute atomic E-state index is 0.0209. The van der Waals surface area contributed by atoms with Crippen molar-refractivity contribution in [3.63, 3.8) is 0 Å². The van der Waals surface area contributed by atoms with E-state index in [1.807, 2.05) is 0 Å². The summed E-state index contributed by atoms with van der Waals surface area (Å²) in [5.74, 6) is -0.940. The molecule has 0 aliphatic carbocycles. The maximum atomic E-state index is 11.3. The molecular formula is C14H21ClO6. The number of esters is 3. The van der Waals surface area contributed by atoms with Gasteiger partial charge in [0.2, 0.25) is 0 Å². The first-order chi connectivity index (χ1) is 10.1.